The zero-order valence-electron chi connectivity index (χ0n) is 13.5. The monoisotopic (exact) mass is 403 g/mol. The highest BCUT2D eigenvalue weighted by molar-refractivity contribution is 7.93. The minimum Gasteiger partial charge on any atom is -0.329 e. The lowest BCUT2D eigenvalue weighted by Crippen LogP contribution is -2.04. The lowest BCUT2D eigenvalue weighted by molar-refractivity contribution is -0.159. The Bertz CT molecular complexity index is 1080. The van der Waals surface area contributed by atoms with Crippen LogP contribution in [0.25, 0.3) is 11.4 Å². The number of hydrogen-bond donors (Lipinski definition) is 0. The zero-order valence-corrected chi connectivity index (χ0v) is 14.3. The Balaban J connectivity index is 1.95. The largest absolute Gasteiger partial charge is 0.471 e. The Kier molecular flexibility index (Phi) is 4.72. The lowest BCUT2D eigenvalue weighted by atomic mass is 10.2. The normalized spacial score (nSPS) is 14.0. The van der Waals surface area contributed by atoms with Crippen LogP contribution in [0.4, 0.5) is 27.6 Å². The van der Waals surface area contributed by atoms with Crippen molar-refractivity contribution in [1.82, 2.24) is 10.1 Å². The fourth-order valence-corrected chi connectivity index (χ4v) is 3.69. The van der Waals surface area contributed by atoms with Crippen LogP contribution in [-0.4, -0.2) is 20.6 Å². The van der Waals surface area contributed by atoms with Crippen LogP contribution in [-0.2, 0) is 15.9 Å². The molecule has 3 aromatic rings. The smallest absolute Gasteiger partial charge is 0.329 e. The van der Waals surface area contributed by atoms with E-state index in [1.165, 1.54) is 24.3 Å². The second kappa shape index (κ2) is 6.72. The van der Waals surface area contributed by atoms with Crippen molar-refractivity contribution in [2.75, 3.05) is 6.26 Å². The Morgan fingerprint density at radius 2 is 1.63 bits per heavy atom. The minimum absolute atomic E-state index is 0.105. The zero-order chi connectivity index (χ0) is 19.8. The first-order valence-corrected chi connectivity index (χ1v) is 9.18. The summed E-state index contributed by atoms with van der Waals surface area (Å²) in [6.45, 7) is 0. The van der Waals surface area contributed by atoms with Crippen molar-refractivity contribution in [1.29, 1.82) is 0 Å². The molecule has 0 spiro atoms. The molecule has 0 saturated carbocycles. The van der Waals surface area contributed by atoms with Gasteiger partial charge >= 0.3 is 12.1 Å². The number of aromatic nitrogens is 2. The molecule has 1 aromatic heterocycles. The Labute approximate surface area is 150 Å². The molecule has 0 aliphatic carbocycles. The molecule has 142 valence electrons. The number of nitrogens with zero attached hydrogens (tertiary/aromatic N) is 3. The van der Waals surface area contributed by atoms with Gasteiger partial charge in [-0.3, -0.25) is 0 Å². The number of halogens is 5. The van der Waals surface area contributed by atoms with Gasteiger partial charge < -0.3 is 4.52 Å². The van der Waals surface area contributed by atoms with Gasteiger partial charge in [0.1, 0.15) is 16.5 Å². The van der Waals surface area contributed by atoms with Gasteiger partial charge in [-0.05, 0) is 36.4 Å². The van der Waals surface area contributed by atoms with Crippen LogP contribution in [0.5, 0.6) is 0 Å². The number of hydrogen-bond acceptors (Lipinski definition) is 5. The molecule has 0 aliphatic rings. The molecule has 0 bridgehead atoms. The summed E-state index contributed by atoms with van der Waals surface area (Å²) in [4.78, 5) is 2.59. The highest BCUT2D eigenvalue weighted by Crippen LogP contribution is 2.30. The van der Waals surface area contributed by atoms with Gasteiger partial charge in [0.2, 0.25) is 5.82 Å². The van der Waals surface area contributed by atoms with Crippen molar-refractivity contribution >= 4 is 15.4 Å². The summed E-state index contributed by atoms with van der Waals surface area (Å²) in [5.41, 5.74) is 0.293. The number of benzene rings is 2. The first-order chi connectivity index (χ1) is 12.6. The van der Waals surface area contributed by atoms with Crippen molar-refractivity contribution in [2.24, 2.45) is 4.36 Å². The third-order valence-electron chi connectivity index (χ3n) is 3.37. The second-order valence-corrected chi connectivity index (χ2v) is 7.61. The predicted octanol–water partition coefficient (Wildman–Crippen LogP) is 4.82. The van der Waals surface area contributed by atoms with Crippen molar-refractivity contribution in [3.8, 4) is 11.4 Å². The SMILES string of the molecule is CS(=O)(=Nc1ccc(-c2noc(C(F)(F)F)n2)cc1)c1c(F)cccc1F. The minimum atomic E-state index is -4.77. The van der Waals surface area contributed by atoms with E-state index in [2.05, 4.69) is 19.0 Å². The van der Waals surface area contributed by atoms with Gasteiger partial charge in [-0.1, -0.05) is 11.2 Å². The summed E-state index contributed by atoms with van der Waals surface area (Å²) in [7, 11) is -3.44. The second-order valence-electron chi connectivity index (χ2n) is 5.41. The third kappa shape index (κ3) is 3.97. The fourth-order valence-electron chi connectivity index (χ4n) is 2.22. The topological polar surface area (TPSA) is 68.3 Å². The van der Waals surface area contributed by atoms with Crippen LogP contribution in [0.3, 0.4) is 0 Å². The molecule has 0 radical (unpaired) electrons. The molecule has 0 fully saturated rings. The van der Waals surface area contributed by atoms with Gasteiger partial charge in [0.15, 0.2) is 0 Å². The van der Waals surface area contributed by atoms with E-state index >= 15 is 0 Å². The summed E-state index contributed by atoms with van der Waals surface area (Å²) >= 11 is 0. The first-order valence-electron chi connectivity index (χ1n) is 7.25. The fraction of sp³-hybridized carbons (Fsp3) is 0.125. The van der Waals surface area contributed by atoms with E-state index in [-0.39, 0.29) is 17.1 Å². The molecule has 5 nitrogen and oxygen atoms in total. The molecule has 0 N–H and O–H groups in total. The van der Waals surface area contributed by atoms with Crippen molar-refractivity contribution in [3.63, 3.8) is 0 Å². The van der Waals surface area contributed by atoms with Gasteiger partial charge in [0.05, 0.1) is 15.4 Å². The lowest BCUT2D eigenvalue weighted by Gasteiger charge is -2.07. The van der Waals surface area contributed by atoms with Gasteiger partial charge in [0.25, 0.3) is 0 Å². The molecular weight excluding hydrogens is 393 g/mol. The number of alkyl halides is 3. The van der Waals surface area contributed by atoms with Crippen LogP contribution in [0, 0.1) is 11.6 Å². The molecule has 1 atom stereocenters. The summed E-state index contributed by atoms with van der Waals surface area (Å²) < 4.78 is 85.8. The van der Waals surface area contributed by atoms with Crippen molar-refractivity contribution < 1.29 is 30.7 Å². The maximum Gasteiger partial charge on any atom is 0.471 e. The molecular formula is C16H10F5N3O2S. The number of rotatable bonds is 3. The molecule has 1 unspecified atom stereocenters. The third-order valence-corrected chi connectivity index (χ3v) is 5.08. The van der Waals surface area contributed by atoms with Crippen LogP contribution >= 0.6 is 0 Å². The first kappa shape index (κ1) is 19.0. The van der Waals surface area contributed by atoms with Gasteiger partial charge in [-0.25, -0.2) is 13.0 Å². The average molecular weight is 403 g/mol. The Morgan fingerprint density at radius 3 is 2.15 bits per heavy atom. The van der Waals surface area contributed by atoms with Crippen LogP contribution < -0.4 is 0 Å². The summed E-state index contributed by atoms with van der Waals surface area (Å²) in [6.07, 6.45) is -3.69. The van der Waals surface area contributed by atoms with Crippen molar-refractivity contribution in [2.45, 2.75) is 11.1 Å². The standard InChI is InChI=1S/C16H10F5N3O2S/c1-27(25,13-11(17)3-2-4-12(13)18)24-10-7-5-9(6-8-10)14-22-15(26-23-14)16(19,20)21/h2-8H,1H3. The van der Waals surface area contributed by atoms with Gasteiger partial charge in [-0.2, -0.15) is 22.5 Å². The van der Waals surface area contributed by atoms with E-state index in [9.17, 15) is 26.2 Å². The summed E-state index contributed by atoms with van der Waals surface area (Å²) in [6, 6.07) is 8.32. The molecule has 27 heavy (non-hydrogen) atoms. The highest BCUT2D eigenvalue weighted by Gasteiger charge is 2.38. The van der Waals surface area contributed by atoms with E-state index < -0.39 is 38.3 Å². The maximum atomic E-state index is 13.8. The Hall–Kier alpha value is -2.82. The molecule has 0 amide bonds. The van der Waals surface area contributed by atoms with Crippen LogP contribution in [0.1, 0.15) is 5.89 Å². The van der Waals surface area contributed by atoms with E-state index in [1.807, 2.05) is 0 Å². The quantitative estimate of drug-likeness (QED) is 0.588. The molecule has 0 saturated heterocycles. The molecule has 2 aromatic carbocycles. The van der Waals surface area contributed by atoms with Crippen molar-refractivity contribution in [3.05, 3.63) is 60.0 Å². The average Bonchev–Trinajstić information content (AvgIpc) is 3.05. The molecule has 11 heteroatoms. The Morgan fingerprint density at radius 1 is 1.04 bits per heavy atom. The van der Waals surface area contributed by atoms with Gasteiger partial charge in [0, 0.05) is 11.8 Å². The molecule has 3 rings (SSSR count). The maximum absolute atomic E-state index is 13.8. The van der Waals surface area contributed by atoms with E-state index in [4.69, 9.17) is 0 Å². The summed E-state index contributed by atoms with van der Waals surface area (Å²) in [5, 5.41) is 3.24. The highest BCUT2D eigenvalue weighted by atomic mass is 32.2. The predicted molar refractivity (Wildman–Crippen MR) is 85.5 cm³/mol. The van der Waals surface area contributed by atoms with E-state index in [0.29, 0.717) is 0 Å². The molecule has 1 heterocycles. The van der Waals surface area contributed by atoms with Crippen LogP contribution in [0.15, 0.2) is 56.2 Å². The van der Waals surface area contributed by atoms with Crippen LogP contribution in [0.2, 0.25) is 0 Å². The van der Waals surface area contributed by atoms with E-state index in [0.717, 1.165) is 24.5 Å². The molecule has 0 aliphatic heterocycles. The van der Waals surface area contributed by atoms with E-state index in [1.54, 1.807) is 0 Å². The van der Waals surface area contributed by atoms with Gasteiger partial charge in [-0.15, -0.1) is 0 Å². The summed E-state index contributed by atoms with van der Waals surface area (Å²) in [5.74, 6) is -3.77.